The first-order chi connectivity index (χ1) is 12.8. The third kappa shape index (κ3) is 4.42. The van der Waals surface area contributed by atoms with Crippen molar-refractivity contribution in [2.45, 2.75) is 25.1 Å². The molecule has 1 N–H and O–H groups in total. The van der Waals surface area contributed by atoms with Gasteiger partial charge in [-0.2, -0.15) is 13.2 Å². The number of carboxylic acid groups (broad SMARTS) is 1. The molecule has 1 aliphatic rings. The van der Waals surface area contributed by atoms with Gasteiger partial charge in [-0.05, 0) is 55.3 Å². The number of carboxylic acids is 1. The fourth-order valence-corrected chi connectivity index (χ4v) is 3.67. The molecule has 2 aromatic rings. The molecular formula is C19H18ClF3N2O2. The Morgan fingerprint density at radius 2 is 2.07 bits per heavy atom. The van der Waals surface area contributed by atoms with E-state index >= 15 is 0 Å². The van der Waals surface area contributed by atoms with Crippen molar-refractivity contribution in [3.8, 4) is 0 Å². The molecule has 0 saturated carbocycles. The third-order valence-electron chi connectivity index (χ3n) is 4.75. The van der Waals surface area contributed by atoms with Gasteiger partial charge < -0.3 is 5.11 Å². The Kier molecular flexibility index (Phi) is 5.72. The molecule has 1 aromatic carbocycles. The Balaban J connectivity index is 2.07. The normalized spacial score (nSPS) is 19.6. The van der Waals surface area contributed by atoms with Crippen molar-refractivity contribution in [2.24, 2.45) is 5.92 Å². The van der Waals surface area contributed by atoms with Gasteiger partial charge in [-0.3, -0.25) is 14.7 Å². The molecule has 1 aliphatic heterocycles. The Hall–Kier alpha value is -2.12. The first-order valence-corrected chi connectivity index (χ1v) is 8.89. The minimum absolute atomic E-state index is 0.191. The van der Waals surface area contributed by atoms with E-state index in [9.17, 15) is 23.1 Å². The molecule has 27 heavy (non-hydrogen) atoms. The smallest absolute Gasteiger partial charge is 0.416 e. The van der Waals surface area contributed by atoms with Gasteiger partial charge >= 0.3 is 12.1 Å². The number of halogens is 4. The van der Waals surface area contributed by atoms with Gasteiger partial charge in [0.05, 0.1) is 23.2 Å². The lowest BCUT2D eigenvalue weighted by molar-refractivity contribution is -0.143. The van der Waals surface area contributed by atoms with E-state index in [0.717, 1.165) is 12.1 Å². The average molecular weight is 399 g/mol. The van der Waals surface area contributed by atoms with Crippen LogP contribution in [0.15, 0.2) is 42.6 Å². The number of pyridine rings is 1. The summed E-state index contributed by atoms with van der Waals surface area (Å²) in [6.07, 6.45) is -1.77. The van der Waals surface area contributed by atoms with Crippen LogP contribution in [-0.4, -0.2) is 34.0 Å². The summed E-state index contributed by atoms with van der Waals surface area (Å²) in [5, 5.41) is 9.56. The van der Waals surface area contributed by atoms with E-state index < -0.39 is 29.7 Å². The summed E-state index contributed by atoms with van der Waals surface area (Å²) in [6, 6.07) is 7.73. The fraction of sp³-hybridized carbons (Fsp3) is 0.368. The second-order valence-electron chi connectivity index (χ2n) is 6.56. The minimum Gasteiger partial charge on any atom is -0.481 e. The van der Waals surface area contributed by atoms with Crippen molar-refractivity contribution < 1.29 is 23.1 Å². The number of piperidine rings is 1. The van der Waals surface area contributed by atoms with Crippen LogP contribution in [0.2, 0.25) is 5.02 Å². The maximum absolute atomic E-state index is 13.2. The highest BCUT2D eigenvalue weighted by Gasteiger charge is 2.35. The Morgan fingerprint density at radius 3 is 2.70 bits per heavy atom. The molecule has 2 heterocycles. The number of likely N-dealkylation sites (tertiary alicyclic amines) is 1. The summed E-state index contributed by atoms with van der Waals surface area (Å²) < 4.78 is 39.7. The van der Waals surface area contributed by atoms with Gasteiger partial charge in [0.1, 0.15) is 0 Å². The quantitative estimate of drug-likeness (QED) is 0.815. The summed E-state index contributed by atoms with van der Waals surface area (Å²) in [5.41, 5.74) is 0.00983. The molecular weight excluding hydrogens is 381 g/mol. The van der Waals surface area contributed by atoms with Gasteiger partial charge in [-0.15, -0.1) is 0 Å². The molecule has 0 spiro atoms. The largest absolute Gasteiger partial charge is 0.481 e. The summed E-state index contributed by atoms with van der Waals surface area (Å²) >= 11 is 6.27. The third-order valence-corrected chi connectivity index (χ3v) is 5.10. The first-order valence-electron chi connectivity index (χ1n) is 8.52. The number of hydrogen-bond acceptors (Lipinski definition) is 3. The number of aliphatic carboxylic acids is 1. The monoisotopic (exact) mass is 398 g/mol. The number of alkyl halides is 3. The van der Waals surface area contributed by atoms with Crippen LogP contribution in [0, 0.1) is 5.92 Å². The zero-order chi connectivity index (χ0) is 19.6. The number of rotatable bonds is 4. The predicted molar refractivity (Wildman–Crippen MR) is 94.5 cm³/mol. The lowest BCUT2D eigenvalue weighted by Gasteiger charge is -2.37. The van der Waals surface area contributed by atoms with E-state index in [-0.39, 0.29) is 17.1 Å². The number of hydrogen-bond donors (Lipinski definition) is 1. The number of benzene rings is 1. The first kappa shape index (κ1) is 19.6. The van der Waals surface area contributed by atoms with Crippen molar-refractivity contribution in [3.63, 3.8) is 0 Å². The summed E-state index contributed by atoms with van der Waals surface area (Å²) in [4.78, 5) is 17.6. The molecule has 4 nitrogen and oxygen atoms in total. The highest BCUT2D eigenvalue weighted by atomic mass is 35.5. The van der Waals surface area contributed by atoms with E-state index in [2.05, 4.69) is 4.98 Å². The van der Waals surface area contributed by atoms with Crippen LogP contribution in [0.5, 0.6) is 0 Å². The molecule has 0 amide bonds. The van der Waals surface area contributed by atoms with Crippen LogP contribution in [0.25, 0.3) is 0 Å². The molecule has 1 saturated heterocycles. The van der Waals surface area contributed by atoms with Gasteiger partial charge in [0, 0.05) is 17.8 Å². The van der Waals surface area contributed by atoms with Crippen LogP contribution >= 0.6 is 11.6 Å². The molecule has 0 radical (unpaired) electrons. The van der Waals surface area contributed by atoms with Crippen molar-refractivity contribution in [1.82, 2.24) is 9.88 Å². The van der Waals surface area contributed by atoms with E-state index in [0.29, 0.717) is 25.1 Å². The second kappa shape index (κ2) is 7.86. The van der Waals surface area contributed by atoms with Gasteiger partial charge in [-0.25, -0.2) is 0 Å². The van der Waals surface area contributed by atoms with Crippen molar-refractivity contribution in [2.75, 3.05) is 13.1 Å². The molecule has 0 bridgehead atoms. The van der Waals surface area contributed by atoms with Crippen LogP contribution in [-0.2, 0) is 11.0 Å². The highest BCUT2D eigenvalue weighted by molar-refractivity contribution is 6.31. The summed E-state index contributed by atoms with van der Waals surface area (Å²) in [7, 11) is 0. The van der Waals surface area contributed by atoms with Gasteiger partial charge in [-0.1, -0.05) is 17.7 Å². The highest BCUT2D eigenvalue weighted by Crippen LogP contribution is 2.39. The van der Waals surface area contributed by atoms with Crippen LogP contribution < -0.4 is 0 Å². The molecule has 3 rings (SSSR count). The Bertz CT molecular complexity index is 814. The fourth-order valence-electron chi connectivity index (χ4n) is 3.45. The van der Waals surface area contributed by atoms with E-state index in [1.165, 1.54) is 6.07 Å². The Morgan fingerprint density at radius 1 is 1.30 bits per heavy atom. The summed E-state index contributed by atoms with van der Waals surface area (Å²) in [5.74, 6) is -1.48. The van der Waals surface area contributed by atoms with Crippen molar-refractivity contribution in [1.29, 1.82) is 0 Å². The second-order valence-corrected chi connectivity index (χ2v) is 6.97. The predicted octanol–water partition coefficient (Wildman–Crippen LogP) is 4.64. The maximum Gasteiger partial charge on any atom is 0.416 e. The molecule has 1 fully saturated rings. The molecule has 8 heteroatoms. The van der Waals surface area contributed by atoms with E-state index in [1.807, 2.05) is 4.90 Å². The van der Waals surface area contributed by atoms with Gasteiger partial charge in [0.15, 0.2) is 0 Å². The van der Waals surface area contributed by atoms with Crippen LogP contribution in [0.3, 0.4) is 0 Å². The van der Waals surface area contributed by atoms with Crippen LogP contribution in [0.4, 0.5) is 13.2 Å². The SMILES string of the molecule is O=C(O)C1CCCN(C(c2ccccn2)c2cc(C(F)(F)F)ccc2Cl)C1. The Labute approximate surface area is 159 Å². The maximum atomic E-state index is 13.2. The molecule has 1 aromatic heterocycles. The lowest BCUT2D eigenvalue weighted by atomic mass is 9.92. The molecule has 0 aliphatic carbocycles. The standard InChI is InChI=1S/C19H18ClF3N2O2/c20-15-7-6-13(19(21,22)23)10-14(15)17(16-5-1-2-8-24-16)25-9-3-4-12(11-25)18(26)27/h1-2,5-8,10,12,17H,3-4,9,11H2,(H,26,27). The number of carbonyl (C=O) groups is 1. The number of aromatic nitrogens is 1. The zero-order valence-corrected chi connectivity index (χ0v) is 15.0. The lowest BCUT2D eigenvalue weighted by Crippen LogP contribution is -2.41. The topological polar surface area (TPSA) is 53.4 Å². The average Bonchev–Trinajstić information content (AvgIpc) is 2.64. The van der Waals surface area contributed by atoms with Crippen molar-refractivity contribution in [3.05, 3.63) is 64.4 Å². The molecule has 2 unspecified atom stereocenters. The molecule has 2 atom stereocenters. The minimum atomic E-state index is -4.50. The van der Waals surface area contributed by atoms with E-state index in [1.54, 1.807) is 24.4 Å². The molecule has 144 valence electrons. The number of nitrogens with zero attached hydrogens (tertiary/aromatic N) is 2. The van der Waals surface area contributed by atoms with E-state index in [4.69, 9.17) is 11.6 Å². The van der Waals surface area contributed by atoms with Crippen molar-refractivity contribution >= 4 is 17.6 Å². The summed E-state index contributed by atoms with van der Waals surface area (Å²) in [6.45, 7) is 0.779. The van der Waals surface area contributed by atoms with Crippen LogP contribution in [0.1, 0.15) is 35.7 Å². The van der Waals surface area contributed by atoms with Gasteiger partial charge in [0.25, 0.3) is 0 Å². The van der Waals surface area contributed by atoms with Gasteiger partial charge in [0.2, 0.25) is 0 Å². The zero-order valence-electron chi connectivity index (χ0n) is 14.3.